The van der Waals surface area contributed by atoms with Gasteiger partial charge in [0.05, 0.1) is 13.2 Å². The molecule has 0 spiro atoms. The van der Waals surface area contributed by atoms with E-state index >= 15 is 0 Å². The monoisotopic (exact) mass is 244 g/mol. The lowest BCUT2D eigenvalue weighted by Crippen LogP contribution is -2.29. The van der Waals surface area contributed by atoms with Gasteiger partial charge in [0.15, 0.2) is 0 Å². The van der Waals surface area contributed by atoms with E-state index in [0.29, 0.717) is 31.5 Å². The lowest BCUT2D eigenvalue weighted by atomic mass is 10.4. The van der Waals surface area contributed by atoms with Crippen molar-refractivity contribution in [3.8, 4) is 0 Å². The van der Waals surface area contributed by atoms with E-state index in [-0.39, 0.29) is 6.61 Å². The Balaban J connectivity index is 2.54. The Hall–Kier alpha value is -1.11. The van der Waals surface area contributed by atoms with E-state index in [9.17, 15) is 0 Å². The molecule has 1 heterocycles. The summed E-state index contributed by atoms with van der Waals surface area (Å²) in [5.74, 6) is 0. The zero-order chi connectivity index (χ0) is 12.5. The fraction of sp³-hybridized carbons (Fsp3) is 0.727. The van der Waals surface area contributed by atoms with Gasteiger partial charge >= 0.3 is 0 Å². The van der Waals surface area contributed by atoms with Gasteiger partial charge in [-0.3, -0.25) is 0 Å². The third-order valence-electron chi connectivity index (χ3n) is 2.31. The smallest absolute Gasteiger partial charge is 0.297 e. The van der Waals surface area contributed by atoms with Crippen LogP contribution in [0.2, 0.25) is 0 Å². The number of hydrogen-bond acceptors (Lipinski definition) is 6. The van der Waals surface area contributed by atoms with Crippen LogP contribution in [0.3, 0.4) is 0 Å². The van der Waals surface area contributed by atoms with Crippen LogP contribution in [0.25, 0.3) is 0 Å². The summed E-state index contributed by atoms with van der Waals surface area (Å²) in [6.45, 7) is 2.66. The molecule has 0 saturated heterocycles. The van der Waals surface area contributed by atoms with Crippen LogP contribution in [0.5, 0.6) is 0 Å². The normalized spacial score (nSPS) is 10.8. The second-order valence-corrected chi connectivity index (χ2v) is 3.61. The highest BCUT2D eigenvalue weighted by Gasteiger charge is 2.12. The van der Waals surface area contributed by atoms with Gasteiger partial charge in [-0.15, -0.1) is 0 Å². The molecular formula is C11H20N2O4. The molecule has 0 aromatic carbocycles. The van der Waals surface area contributed by atoms with Crippen LogP contribution in [0.15, 0.2) is 10.7 Å². The zero-order valence-corrected chi connectivity index (χ0v) is 10.4. The molecule has 6 heteroatoms. The molecule has 98 valence electrons. The maximum atomic E-state index is 8.94. The molecule has 0 atom stereocenters. The van der Waals surface area contributed by atoms with Crippen LogP contribution in [-0.2, 0) is 16.1 Å². The van der Waals surface area contributed by atoms with Crippen LogP contribution in [-0.4, -0.2) is 50.6 Å². The highest BCUT2D eigenvalue weighted by molar-refractivity contribution is 5.26. The number of aliphatic hydroxyl groups excluding tert-OH is 1. The van der Waals surface area contributed by atoms with Crippen molar-refractivity contribution >= 4 is 6.01 Å². The summed E-state index contributed by atoms with van der Waals surface area (Å²) in [5, 5.41) is 8.94. The van der Waals surface area contributed by atoms with E-state index in [1.807, 2.05) is 4.90 Å². The number of hydrogen-bond donors (Lipinski definition) is 1. The summed E-state index contributed by atoms with van der Waals surface area (Å²) in [4.78, 5) is 6.15. The van der Waals surface area contributed by atoms with Gasteiger partial charge in [0, 0.05) is 33.9 Å². The average Bonchev–Trinajstić information content (AvgIpc) is 2.82. The first-order valence-electron chi connectivity index (χ1n) is 5.60. The second kappa shape index (κ2) is 8.05. The number of aliphatic hydroxyl groups is 1. The van der Waals surface area contributed by atoms with Crippen molar-refractivity contribution in [1.29, 1.82) is 0 Å². The van der Waals surface area contributed by atoms with Crippen LogP contribution < -0.4 is 4.90 Å². The van der Waals surface area contributed by atoms with Gasteiger partial charge in [-0.2, -0.15) is 4.98 Å². The molecular weight excluding hydrogens is 224 g/mol. The lowest BCUT2D eigenvalue weighted by molar-refractivity contribution is 0.190. The molecule has 1 N–H and O–H groups in total. The Bertz CT molecular complexity index is 303. The molecule has 0 unspecified atom stereocenters. The number of aromatic nitrogens is 1. The van der Waals surface area contributed by atoms with Crippen molar-refractivity contribution in [2.45, 2.75) is 13.0 Å². The van der Waals surface area contributed by atoms with Gasteiger partial charge in [-0.05, 0) is 6.42 Å². The van der Waals surface area contributed by atoms with Crippen LogP contribution in [0.4, 0.5) is 6.01 Å². The summed E-state index contributed by atoms with van der Waals surface area (Å²) in [6.07, 6.45) is 2.35. The molecule has 6 nitrogen and oxygen atoms in total. The molecule has 0 aliphatic rings. The minimum Gasteiger partial charge on any atom is -0.432 e. The molecule has 0 saturated carbocycles. The number of methoxy groups -OCH3 is 2. The number of rotatable bonds is 9. The van der Waals surface area contributed by atoms with Crippen molar-refractivity contribution in [3.05, 3.63) is 12.0 Å². The van der Waals surface area contributed by atoms with Crippen molar-refractivity contribution in [2.75, 3.05) is 45.4 Å². The van der Waals surface area contributed by atoms with E-state index < -0.39 is 0 Å². The molecule has 0 radical (unpaired) electrons. The largest absolute Gasteiger partial charge is 0.432 e. The molecule has 0 aliphatic heterocycles. The molecule has 0 bridgehead atoms. The zero-order valence-electron chi connectivity index (χ0n) is 10.4. The van der Waals surface area contributed by atoms with Crippen molar-refractivity contribution in [3.63, 3.8) is 0 Å². The first-order chi connectivity index (χ1) is 8.31. The van der Waals surface area contributed by atoms with Gasteiger partial charge in [-0.1, -0.05) is 0 Å². The summed E-state index contributed by atoms with van der Waals surface area (Å²) in [5.41, 5.74) is 0.536. The Kier molecular flexibility index (Phi) is 6.61. The van der Waals surface area contributed by atoms with Gasteiger partial charge in [0.1, 0.15) is 12.0 Å². The minimum atomic E-state index is -0.111. The number of oxazole rings is 1. The van der Waals surface area contributed by atoms with Crippen LogP contribution >= 0.6 is 0 Å². The predicted molar refractivity (Wildman–Crippen MR) is 63.0 cm³/mol. The molecule has 0 fully saturated rings. The van der Waals surface area contributed by atoms with Crippen molar-refractivity contribution < 1.29 is 19.0 Å². The fourth-order valence-corrected chi connectivity index (χ4v) is 1.42. The van der Waals surface area contributed by atoms with E-state index in [4.69, 9.17) is 19.0 Å². The number of anilines is 1. The van der Waals surface area contributed by atoms with E-state index in [2.05, 4.69) is 4.98 Å². The van der Waals surface area contributed by atoms with E-state index in [0.717, 1.165) is 13.0 Å². The number of ether oxygens (including phenoxy) is 2. The summed E-state index contributed by atoms with van der Waals surface area (Å²) in [6, 6.07) is 0.516. The SMILES string of the molecule is COCCCN(CCOC)c1nc(CO)co1. The van der Waals surface area contributed by atoms with Crippen LogP contribution in [0, 0.1) is 0 Å². The standard InChI is InChI=1S/C11H20N2O4/c1-15-6-3-4-13(5-7-16-2)11-12-10(8-14)9-17-11/h9,14H,3-8H2,1-2H3. The first-order valence-corrected chi connectivity index (χ1v) is 5.60. The first kappa shape index (κ1) is 14.0. The topological polar surface area (TPSA) is 68.0 Å². The fourth-order valence-electron chi connectivity index (χ4n) is 1.42. The highest BCUT2D eigenvalue weighted by atomic mass is 16.5. The summed E-state index contributed by atoms with van der Waals surface area (Å²) < 4.78 is 15.4. The van der Waals surface area contributed by atoms with Gasteiger partial charge in [0.2, 0.25) is 0 Å². The van der Waals surface area contributed by atoms with Crippen molar-refractivity contribution in [1.82, 2.24) is 4.98 Å². The minimum absolute atomic E-state index is 0.111. The van der Waals surface area contributed by atoms with E-state index in [1.165, 1.54) is 6.26 Å². The van der Waals surface area contributed by atoms with Gasteiger partial charge < -0.3 is 23.9 Å². The second-order valence-electron chi connectivity index (χ2n) is 3.61. The van der Waals surface area contributed by atoms with E-state index in [1.54, 1.807) is 14.2 Å². The molecule has 0 amide bonds. The Morgan fingerprint density at radius 2 is 2.06 bits per heavy atom. The molecule has 0 aliphatic carbocycles. The maximum absolute atomic E-state index is 8.94. The third-order valence-corrected chi connectivity index (χ3v) is 2.31. The molecule has 1 rings (SSSR count). The Labute approximate surface area is 101 Å². The summed E-state index contributed by atoms with van der Waals surface area (Å²) >= 11 is 0. The van der Waals surface area contributed by atoms with Crippen molar-refractivity contribution in [2.24, 2.45) is 0 Å². The Morgan fingerprint density at radius 3 is 2.65 bits per heavy atom. The maximum Gasteiger partial charge on any atom is 0.297 e. The van der Waals surface area contributed by atoms with Gasteiger partial charge in [-0.25, -0.2) is 0 Å². The molecule has 1 aromatic rings. The number of nitrogens with zero attached hydrogens (tertiary/aromatic N) is 2. The average molecular weight is 244 g/mol. The summed E-state index contributed by atoms with van der Waals surface area (Å²) in [7, 11) is 3.33. The van der Waals surface area contributed by atoms with Gasteiger partial charge in [0.25, 0.3) is 6.01 Å². The quantitative estimate of drug-likeness (QED) is 0.643. The predicted octanol–water partition coefficient (Wildman–Crippen LogP) is 0.656. The highest BCUT2D eigenvalue weighted by Crippen LogP contribution is 2.13. The Morgan fingerprint density at radius 1 is 1.29 bits per heavy atom. The molecule has 1 aromatic heterocycles. The van der Waals surface area contributed by atoms with Crippen LogP contribution in [0.1, 0.15) is 12.1 Å². The lowest BCUT2D eigenvalue weighted by Gasteiger charge is -2.19. The third kappa shape index (κ3) is 4.72. The molecule has 17 heavy (non-hydrogen) atoms.